The number of nitrogens with one attached hydrogen (secondary N) is 1. The van der Waals surface area contributed by atoms with Crippen LogP contribution in [0.15, 0.2) is 34.0 Å². The first-order chi connectivity index (χ1) is 17.2. The molecule has 2 aliphatic heterocycles. The Morgan fingerprint density at radius 3 is 2.58 bits per heavy atom. The highest BCUT2D eigenvalue weighted by Crippen LogP contribution is 2.34. The van der Waals surface area contributed by atoms with Crippen molar-refractivity contribution in [2.75, 3.05) is 25.5 Å². The van der Waals surface area contributed by atoms with E-state index in [2.05, 4.69) is 83.2 Å². The van der Waals surface area contributed by atoms with Crippen LogP contribution in [0.2, 0.25) is 0 Å². The Hall–Kier alpha value is -3.20. The summed E-state index contributed by atoms with van der Waals surface area (Å²) in [6.07, 6.45) is 4.57. The van der Waals surface area contributed by atoms with Gasteiger partial charge in [0.05, 0.1) is 12.0 Å². The van der Waals surface area contributed by atoms with Gasteiger partial charge < -0.3 is 19.3 Å². The molecule has 1 N–H and O–H groups in total. The monoisotopic (exact) mass is 490 g/mol. The van der Waals surface area contributed by atoms with Gasteiger partial charge in [-0.15, -0.1) is 0 Å². The molecular formula is C27H38N8O. The third kappa shape index (κ3) is 4.52. The Labute approximate surface area is 213 Å². The molecule has 9 heteroatoms. The molecule has 1 atom stereocenters. The first-order valence-corrected chi connectivity index (χ1v) is 12.9. The lowest BCUT2D eigenvalue weighted by Crippen LogP contribution is -2.58. The molecule has 5 rings (SSSR count). The Morgan fingerprint density at radius 2 is 1.92 bits per heavy atom. The summed E-state index contributed by atoms with van der Waals surface area (Å²) in [5.41, 5.74) is 4.50. The zero-order valence-electron chi connectivity index (χ0n) is 22.5. The SMILES string of the molecule is CCc1noc(C2CCN(C3Nc4ncn(C)c4C(=Nc4cc(C(C)(C)C)ccc4C)N3C)CC2)n1. The summed E-state index contributed by atoms with van der Waals surface area (Å²) in [4.78, 5) is 19.2. The minimum Gasteiger partial charge on any atom is -0.339 e. The standard InChI is InChI=1S/C27H38N8O/c1-8-21-30-25(36-32-21)18-11-13-35(14-12-18)26-31-23-22(33(6)16-28-23)24(34(26)7)29-20-15-19(27(3,4)5)10-9-17(20)2/h9-10,15-16,18,26,31H,8,11-14H2,1-7H3. The van der Waals surface area contributed by atoms with Gasteiger partial charge in [-0.2, -0.15) is 4.98 Å². The average molecular weight is 491 g/mol. The minimum atomic E-state index is -0.0351. The van der Waals surface area contributed by atoms with E-state index in [1.165, 1.54) is 5.56 Å². The number of anilines is 1. The van der Waals surface area contributed by atoms with Gasteiger partial charge in [-0.25, -0.2) is 9.98 Å². The smallest absolute Gasteiger partial charge is 0.229 e. The summed E-state index contributed by atoms with van der Waals surface area (Å²) in [5.74, 6) is 3.67. The fourth-order valence-corrected chi connectivity index (χ4v) is 5.05. The van der Waals surface area contributed by atoms with Crippen LogP contribution in [-0.2, 0) is 18.9 Å². The van der Waals surface area contributed by atoms with Crippen LogP contribution in [0.3, 0.4) is 0 Å². The second kappa shape index (κ2) is 9.35. The molecular weight excluding hydrogens is 452 g/mol. The normalized spacial score (nSPS) is 20.6. The molecule has 0 radical (unpaired) electrons. The number of piperidine rings is 1. The number of hydrogen-bond acceptors (Lipinski definition) is 7. The quantitative estimate of drug-likeness (QED) is 0.573. The number of aliphatic imine (C=N–C) groups is 1. The first-order valence-electron chi connectivity index (χ1n) is 12.9. The van der Waals surface area contributed by atoms with Crippen molar-refractivity contribution in [3.63, 3.8) is 0 Å². The van der Waals surface area contributed by atoms with Gasteiger partial charge in [0, 0.05) is 39.5 Å². The summed E-state index contributed by atoms with van der Waals surface area (Å²) >= 11 is 0. The molecule has 36 heavy (non-hydrogen) atoms. The summed E-state index contributed by atoms with van der Waals surface area (Å²) in [6.45, 7) is 12.7. The van der Waals surface area contributed by atoms with Gasteiger partial charge in [0.25, 0.3) is 0 Å². The lowest BCUT2D eigenvalue weighted by atomic mass is 9.86. The molecule has 9 nitrogen and oxygen atoms in total. The zero-order valence-corrected chi connectivity index (χ0v) is 22.5. The lowest BCUT2D eigenvalue weighted by Gasteiger charge is -2.44. The number of likely N-dealkylation sites (tertiary alicyclic amines) is 1. The Balaban J connectivity index is 1.43. The molecule has 1 unspecified atom stereocenters. The van der Waals surface area contributed by atoms with Crippen LogP contribution in [0.25, 0.3) is 0 Å². The molecule has 0 amide bonds. The molecule has 192 valence electrons. The van der Waals surface area contributed by atoms with Crippen LogP contribution in [0, 0.1) is 6.92 Å². The molecule has 3 aromatic rings. The van der Waals surface area contributed by atoms with E-state index in [0.29, 0.717) is 5.92 Å². The van der Waals surface area contributed by atoms with Crippen molar-refractivity contribution in [1.29, 1.82) is 0 Å². The maximum absolute atomic E-state index is 5.54. The van der Waals surface area contributed by atoms with Gasteiger partial charge >= 0.3 is 0 Å². The number of fused-ring (bicyclic) bond motifs is 1. The largest absolute Gasteiger partial charge is 0.339 e. The van der Waals surface area contributed by atoms with Crippen molar-refractivity contribution < 1.29 is 4.52 Å². The third-order valence-corrected chi connectivity index (χ3v) is 7.44. The van der Waals surface area contributed by atoms with E-state index >= 15 is 0 Å². The van der Waals surface area contributed by atoms with Crippen LogP contribution in [0.4, 0.5) is 11.5 Å². The fourth-order valence-electron chi connectivity index (χ4n) is 5.05. The highest BCUT2D eigenvalue weighted by molar-refractivity contribution is 6.04. The predicted molar refractivity (Wildman–Crippen MR) is 142 cm³/mol. The molecule has 0 bridgehead atoms. The maximum atomic E-state index is 5.54. The van der Waals surface area contributed by atoms with Gasteiger partial charge in [0.15, 0.2) is 23.8 Å². The number of aryl methyl sites for hydroxylation is 3. The Bertz CT molecular complexity index is 1260. The van der Waals surface area contributed by atoms with Gasteiger partial charge in [-0.1, -0.05) is 45.0 Å². The van der Waals surface area contributed by atoms with Crippen LogP contribution in [-0.4, -0.2) is 61.8 Å². The van der Waals surface area contributed by atoms with Gasteiger partial charge in [0.1, 0.15) is 5.69 Å². The van der Waals surface area contributed by atoms with E-state index in [1.807, 2.05) is 24.9 Å². The van der Waals surface area contributed by atoms with Crippen molar-refractivity contribution in [2.24, 2.45) is 12.0 Å². The minimum absolute atomic E-state index is 0.0351. The maximum Gasteiger partial charge on any atom is 0.229 e. The van der Waals surface area contributed by atoms with Crippen LogP contribution in [0.1, 0.15) is 75.0 Å². The van der Waals surface area contributed by atoms with E-state index in [-0.39, 0.29) is 11.7 Å². The van der Waals surface area contributed by atoms with Crippen molar-refractivity contribution in [2.45, 2.75) is 71.5 Å². The van der Waals surface area contributed by atoms with Crippen molar-refractivity contribution in [1.82, 2.24) is 29.5 Å². The highest BCUT2D eigenvalue weighted by atomic mass is 16.5. The predicted octanol–water partition coefficient (Wildman–Crippen LogP) is 4.57. The number of benzene rings is 1. The second-order valence-corrected chi connectivity index (χ2v) is 11.1. The van der Waals surface area contributed by atoms with Gasteiger partial charge in [-0.3, -0.25) is 4.90 Å². The number of amidine groups is 1. The lowest BCUT2D eigenvalue weighted by molar-refractivity contribution is 0.0910. The molecule has 4 heterocycles. The molecule has 0 spiro atoms. The molecule has 2 aromatic heterocycles. The van der Waals surface area contributed by atoms with Gasteiger partial charge in [0.2, 0.25) is 5.89 Å². The van der Waals surface area contributed by atoms with E-state index in [1.54, 1.807) is 0 Å². The van der Waals surface area contributed by atoms with Crippen molar-refractivity contribution >= 4 is 17.3 Å². The summed E-state index contributed by atoms with van der Waals surface area (Å²) in [7, 11) is 4.14. The van der Waals surface area contributed by atoms with E-state index < -0.39 is 0 Å². The molecule has 1 fully saturated rings. The van der Waals surface area contributed by atoms with Crippen molar-refractivity contribution in [3.05, 3.63) is 53.1 Å². The van der Waals surface area contributed by atoms with E-state index in [0.717, 1.165) is 72.7 Å². The molecule has 1 aromatic carbocycles. The Morgan fingerprint density at radius 1 is 1.17 bits per heavy atom. The highest BCUT2D eigenvalue weighted by Gasteiger charge is 2.37. The van der Waals surface area contributed by atoms with Crippen LogP contribution < -0.4 is 5.32 Å². The average Bonchev–Trinajstić information content (AvgIpc) is 3.48. The van der Waals surface area contributed by atoms with Crippen molar-refractivity contribution in [3.8, 4) is 0 Å². The molecule has 0 saturated carbocycles. The molecule has 2 aliphatic rings. The van der Waals surface area contributed by atoms with Crippen LogP contribution in [0.5, 0.6) is 0 Å². The summed E-state index contributed by atoms with van der Waals surface area (Å²) < 4.78 is 7.58. The number of imidazole rings is 1. The topological polar surface area (TPSA) is 87.6 Å². The molecule has 1 saturated heterocycles. The Kier molecular flexibility index (Phi) is 6.36. The van der Waals surface area contributed by atoms with E-state index in [4.69, 9.17) is 9.52 Å². The second-order valence-electron chi connectivity index (χ2n) is 11.1. The van der Waals surface area contributed by atoms with E-state index in [9.17, 15) is 0 Å². The molecule has 0 aliphatic carbocycles. The summed E-state index contributed by atoms with van der Waals surface area (Å²) in [6, 6.07) is 6.61. The number of hydrogen-bond donors (Lipinski definition) is 1. The number of rotatable bonds is 4. The zero-order chi connectivity index (χ0) is 25.6. The number of nitrogens with zero attached hydrogens (tertiary/aromatic N) is 7. The first kappa shape index (κ1) is 24.5. The van der Waals surface area contributed by atoms with Gasteiger partial charge in [-0.05, 0) is 42.4 Å². The summed E-state index contributed by atoms with van der Waals surface area (Å²) in [5, 5.41) is 7.75. The third-order valence-electron chi connectivity index (χ3n) is 7.44. The number of aromatic nitrogens is 4. The fraction of sp³-hybridized carbons (Fsp3) is 0.556. The van der Waals surface area contributed by atoms with Crippen LogP contribution >= 0.6 is 0 Å².